The molecule has 0 saturated carbocycles. The van der Waals surface area contributed by atoms with Gasteiger partial charge in [-0.25, -0.2) is 9.98 Å². The summed E-state index contributed by atoms with van der Waals surface area (Å²) in [6.07, 6.45) is 2.56. The molecule has 1 unspecified atom stereocenters. The molecule has 0 radical (unpaired) electrons. The van der Waals surface area contributed by atoms with E-state index in [0.717, 1.165) is 23.3 Å². The average molecular weight is 326 g/mol. The maximum absolute atomic E-state index is 6.07. The number of ether oxygens (including phenoxy) is 2. The van der Waals surface area contributed by atoms with Crippen molar-refractivity contribution in [3.8, 4) is 11.6 Å². The topological polar surface area (TPSA) is 81.8 Å². The SMILES string of the molecule is CCOc1ncccc1CN=C(N)NC1CCOc2ccccc21. The van der Waals surface area contributed by atoms with Gasteiger partial charge in [0.2, 0.25) is 5.88 Å². The van der Waals surface area contributed by atoms with Gasteiger partial charge < -0.3 is 20.5 Å². The Hall–Kier alpha value is -2.76. The van der Waals surface area contributed by atoms with E-state index >= 15 is 0 Å². The van der Waals surface area contributed by atoms with Crippen molar-refractivity contribution in [1.82, 2.24) is 10.3 Å². The number of hydrogen-bond acceptors (Lipinski definition) is 4. The number of pyridine rings is 1. The predicted molar refractivity (Wildman–Crippen MR) is 93.2 cm³/mol. The van der Waals surface area contributed by atoms with Gasteiger partial charge in [-0.2, -0.15) is 0 Å². The summed E-state index contributed by atoms with van der Waals surface area (Å²) in [5, 5.41) is 3.28. The lowest BCUT2D eigenvalue weighted by Crippen LogP contribution is -2.37. The molecule has 1 aliphatic heterocycles. The minimum atomic E-state index is 0.110. The van der Waals surface area contributed by atoms with Crippen molar-refractivity contribution >= 4 is 5.96 Å². The summed E-state index contributed by atoms with van der Waals surface area (Å²) < 4.78 is 11.2. The highest BCUT2D eigenvalue weighted by Gasteiger charge is 2.21. The lowest BCUT2D eigenvalue weighted by molar-refractivity contribution is 0.262. The minimum Gasteiger partial charge on any atom is -0.493 e. The number of nitrogens with two attached hydrogens (primary N) is 1. The number of guanidine groups is 1. The monoisotopic (exact) mass is 326 g/mol. The molecule has 3 N–H and O–H groups in total. The molecule has 126 valence electrons. The summed E-state index contributed by atoms with van der Waals surface area (Å²) in [4.78, 5) is 8.65. The fraction of sp³-hybridized carbons (Fsp3) is 0.333. The summed E-state index contributed by atoms with van der Waals surface area (Å²) in [5.41, 5.74) is 8.09. The molecule has 3 rings (SSSR count). The van der Waals surface area contributed by atoms with Crippen LogP contribution < -0.4 is 20.5 Å². The van der Waals surface area contributed by atoms with Crippen LogP contribution in [-0.4, -0.2) is 24.2 Å². The van der Waals surface area contributed by atoms with E-state index in [9.17, 15) is 0 Å². The quantitative estimate of drug-likeness (QED) is 0.651. The highest BCUT2D eigenvalue weighted by Crippen LogP contribution is 2.31. The standard InChI is InChI=1S/C18H22N4O2/c1-2-23-17-13(6-5-10-20-17)12-21-18(19)22-15-9-11-24-16-8-4-3-7-14(15)16/h3-8,10,15H,2,9,11-12H2,1H3,(H3,19,21,22). The Morgan fingerprint density at radius 3 is 3.12 bits per heavy atom. The Morgan fingerprint density at radius 2 is 2.25 bits per heavy atom. The first-order chi connectivity index (χ1) is 11.8. The molecule has 6 heteroatoms. The van der Waals surface area contributed by atoms with Gasteiger partial charge in [0.15, 0.2) is 5.96 Å². The molecule has 1 atom stereocenters. The Labute approximate surface area is 141 Å². The third-order valence-corrected chi connectivity index (χ3v) is 3.83. The van der Waals surface area contributed by atoms with Gasteiger partial charge in [-0.3, -0.25) is 0 Å². The summed E-state index contributed by atoms with van der Waals surface area (Å²) in [5.74, 6) is 1.91. The highest BCUT2D eigenvalue weighted by molar-refractivity contribution is 5.78. The van der Waals surface area contributed by atoms with Crippen molar-refractivity contribution in [2.45, 2.75) is 25.9 Å². The second-order valence-corrected chi connectivity index (χ2v) is 5.47. The van der Waals surface area contributed by atoms with Gasteiger partial charge in [0.1, 0.15) is 5.75 Å². The molecule has 0 bridgehead atoms. The van der Waals surface area contributed by atoms with Gasteiger partial charge >= 0.3 is 0 Å². The molecule has 2 heterocycles. The van der Waals surface area contributed by atoms with Gasteiger partial charge in [-0.05, 0) is 19.1 Å². The second-order valence-electron chi connectivity index (χ2n) is 5.47. The molecular formula is C18H22N4O2. The van der Waals surface area contributed by atoms with Gasteiger partial charge in [0.25, 0.3) is 0 Å². The van der Waals surface area contributed by atoms with Crippen LogP contribution >= 0.6 is 0 Å². The van der Waals surface area contributed by atoms with E-state index in [1.54, 1.807) is 6.20 Å². The Balaban J connectivity index is 1.68. The molecule has 24 heavy (non-hydrogen) atoms. The second kappa shape index (κ2) is 7.68. The highest BCUT2D eigenvalue weighted by atomic mass is 16.5. The van der Waals surface area contributed by atoms with Crippen LogP contribution in [0.4, 0.5) is 0 Å². The summed E-state index contributed by atoms with van der Waals surface area (Å²) in [6.45, 7) is 3.59. The third-order valence-electron chi connectivity index (χ3n) is 3.83. The number of fused-ring (bicyclic) bond motifs is 1. The molecule has 0 fully saturated rings. The van der Waals surface area contributed by atoms with E-state index in [-0.39, 0.29) is 6.04 Å². The van der Waals surface area contributed by atoms with Crippen LogP contribution in [0, 0.1) is 0 Å². The number of nitrogens with one attached hydrogen (secondary N) is 1. The van der Waals surface area contributed by atoms with Crippen molar-refractivity contribution in [1.29, 1.82) is 0 Å². The van der Waals surface area contributed by atoms with E-state index < -0.39 is 0 Å². The number of aliphatic imine (C=N–C) groups is 1. The molecule has 6 nitrogen and oxygen atoms in total. The smallest absolute Gasteiger partial charge is 0.218 e. The van der Waals surface area contributed by atoms with Crippen LogP contribution in [0.25, 0.3) is 0 Å². The molecule has 0 aliphatic carbocycles. The van der Waals surface area contributed by atoms with E-state index in [1.807, 2.05) is 43.3 Å². The van der Waals surface area contributed by atoms with Crippen molar-refractivity contribution in [3.05, 3.63) is 53.7 Å². The average Bonchev–Trinajstić information content (AvgIpc) is 2.62. The van der Waals surface area contributed by atoms with Crippen molar-refractivity contribution in [2.75, 3.05) is 13.2 Å². The number of aromatic nitrogens is 1. The Kier molecular flexibility index (Phi) is 5.15. The van der Waals surface area contributed by atoms with Crippen LogP contribution in [0.2, 0.25) is 0 Å². The summed E-state index contributed by atoms with van der Waals surface area (Å²) >= 11 is 0. The zero-order valence-corrected chi connectivity index (χ0v) is 13.7. The van der Waals surface area contributed by atoms with Crippen LogP contribution in [-0.2, 0) is 6.54 Å². The first-order valence-corrected chi connectivity index (χ1v) is 8.12. The molecule has 0 saturated heterocycles. The first-order valence-electron chi connectivity index (χ1n) is 8.12. The van der Waals surface area contributed by atoms with Crippen LogP contribution in [0.1, 0.15) is 30.5 Å². The molecular weight excluding hydrogens is 304 g/mol. The number of hydrogen-bond donors (Lipinski definition) is 2. The van der Waals surface area contributed by atoms with Crippen molar-refractivity contribution in [3.63, 3.8) is 0 Å². The maximum atomic E-state index is 6.07. The van der Waals surface area contributed by atoms with E-state index in [1.165, 1.54) is 0 Å². The van der Waals surface area contributed by atoms with Gasteiger partial charge in [-0.1, -0.05) is 24.3 Å². The number of para-hydroxylation sites is 1. The summed E-state index contributed by atoms with van der Waals surface area (Å²) in [6, 6.07) is 11.9. The number of benzene rings is 1. The zero-order valence-electron chi connectivity index (χ0n) is 13.7. The Bertz CT molecular complexity index is 718. The molecule has 2 aromatic rings. The number of nitrogens with zero attached hydrogens (tertiary/aromatic N) is 2. The van der Waals surface area contributed by atoms with Crippen LogP contribution in [0.15, 0.2) is 47.6 Å². The summed E-state index contributed by atoms with van der Waals surface area (Å²) in [7, 11) is 0. The van der Waals surface area contributed by atoms with E-state index in [2.05, 4.69) is 15.3 Å². The lowest BCUT2D eigenvalue weighted by Gasteiger charge is -2.26. The Morgan fingerprint density at radius 1 is 1.38 bits per heavy atom. The maximum Gasteiger partial charge on any atom is 0.218 e. The van der Waals surface area contributed by atoms with Gasteiger partial charge in [0, 0.05) is 23.7 Å². The fourth-order valence-electron chi connectivity index (χ4n) is 2.70. The lowest BCUT2D eigenvalue weighted by atomic mass is 10.0. The number of rotatable bonds is 5. The van der Waals surface area contributed by atoms with Crippen LogP contribution in [0.5, 0.6) is 11.6 Å². The molecule has 0 amide bonds. The van der Waals surface area contributed by atoms with Gasteiger partial charge in [0.05, 0.1) is 25.8 Å². The molecule has 1 aromatic heterocycles. The normalized spacial score (nSPS) is 16.9. The first kappa shape index (κ1) is 16.1. The van der Waals surface area contributed by atoms with Crippen molar-refractivity contribution < 1.29 is 9.47 Å². The molecule has 0 spiro atoms. The largest absolute Gasteiger partial charge is 0.493 e. The fourth-order valence-corrected chi connectivity index (χ4v) is 2.70. The minimum absolute atomic E-state index is 0.110. The van der Waals surface area contributed by atoms with E-state index in [0.29, 0.717) is 31.6 Å². The van der Waals surface area contributed by atoms with Crippen molar-refractivity contribution in [2.24, 2.45) is 10.7 Å². The molecule has 1 aromatic carbocycles. The zero-order chi connectivity index (χ0) is 16.8. The molecule has 1 aliphatic rings. The third kappa shape index (κ3) is 3.76. The van der Waals surface area contributed by atoms with E-state index in [4.69, 9.17) is 15.2 Å². The van der Waals surface area contributed by atoms with Crippen LogP contribution in [0.3, 0.4) is 0 Å². The van der Waals surface area contributed by atoms with Gasteiger partial charge in [-0.15, -0.1) is 0 Å². The predicted octanol–water partition coefficient (Wildman–Crippen LogP) is 2.41.